The van der Waals surface area contributed by atoms with E-state index in [1.807, 2.05) is 0 Å². The van der Waals surface area contributed by atoms with Gasteiger partial charge in [-0.05, 0) is 33.7 Å². The van der Waals surface area contributed by atoms with Crippen LogP contribution >= 0.6 is 0 Å². The van der Waals surface area contributed by atoms with Gasteiger partial charge in [0, 0.05) is 22.2 Å². The van der Waals surface area contributed by atoms with Gasteiger partial charge < -0.3 is 4.98 Å². The maximum absolute atomic E-state index is 3.55. The second-order valence-electron chi connectivity index (χ2n) is 5.96. The zero-order valence-electron chi connectivity index (χ0n) is 12.6. The van der Waals surface area contributed by atoms with Crippen molar-refractivity contribution in [2.45, 2.75) is 0 Å². The molecule has 23 heavy (non-hydrogen) atoms. The molecule has 5 aromatic rings. The first-order chi connectivity index (χ1) is 11.4. The Kier molecular flexibility index (Phi) is 2.56. The van der Waals surface area contributed by atoms with E-state index in [9.17, 15) is 0 Å². The average molecular weight is 293 g/mol. The molecule has 1 N–H and O–H groups in total. The van der Waals surface area contributed by atoms with Crippen LogP contribution in [0.25, 0.3) is 43.7 Å². The molecular formula is C22H15N. The van der Waals surface area contributed by atoms with Crippen molar-refractivity contribution < 1.29 is 0 Å². The lowest BCUT2D eigenvalue weighted by atomic mass is 9.97. The van der Waals surface area contributed by atoms with Gasteiger partial charge in [-0.1, -0.05) is 72.8 Å². The van der Waals surface area contributed by atoms with Gasteiger partial charge in [-0.25, -0.2) is 0 Å². The molecule has 0 fully saturated rings. The minimum Gasteiger partial charge on any atom is -0.355 e. The largest absolute Gasteiger partial charge is 0.355 e. The highest BCUT2D eigenvalue weighted by Crippen LogP contribution is 2.33. The van der Waals surface area contributed by atoms with E-state index in [1.165, 1.54) is 43.7 Å². The van der Waals surface area contributed by atoms with E-state index >= 15 is 0 Å². The number of para-hydroxylation sites is 1. The normalized spacial score (nSPS) is 11.5. The van der Waals surface area contributed by atoms with E-state index in [-0.39, 0.29) is 0 Å². The van der Waals surface area contributed by atoms with Gasteiger partial charge in [0.2, 0.25) is 0 Å². The Hall–Kier alpha value is -3.06. The number of benzene rings is 4. The molecule has 1 aromatic heterocycles. The zero-order chi connectivity index (χ0) is 15.2. The van der Waals surface area contributed by atoms with Gasteiger partial charge in [0.15, 0.2) is 0 Å². The first-order valence-electron chi connectivity index (χ1n) is 7.89. The van der Waals surface area contributed by atoms with Crippen LogP contribution in [0.2, 0.25) is 0 Å². The molecule has 0 aliphatic rings. The predicted octanol–water partition coefficient (Wildman–Crippen LogP) is 6.14. The third-order valence-corrected chi connectivity index (χ3v) is 4.61. The van der Waals surface area contributed by atoms with Gasteiger partial charge in [-0.2, -0.15) is 0 Å². The highest BCUT2D eigenvalue weighted by atomic mass is 14.7. The summed E-state index contributed by atoms with van der Waals surface area (Å²) >= 11 is 0. The van der Waals surface area contributed by atoms with E-state index in [0.717, 1.165) is 0 Å². The number of hydrogen-bond donors (Lipinski definition) is 1. The fourth-order valence-corrected chi connectivity index (χ4v) is 3.49. The number of rotatable bonds is 1. The third kappa shape index (κ3) is 1.87. The second kappa shape index (κ2) is 4.72. The molecule has 108 valence electrons. The third-order valence-electron chi connectivity index (χ3n) is 4.61. The molecule has 1 heterocycles. The van der Waals surface area contributed by atoms with E-state index in [1.54, 1.807) is 0 Å². The Balaban J connectivity index is 1.86. The lowest BCUT2D eigenvalue weighted by molar-refractivity contribution is 1.47. The molecule has 0 saturated heterocycles. The molecule has 0 atom stereocenters. The Labute approximate surface area is 134 Å². The van der Waals surface area contributed by atoms with Gasteiger partial charge in [-0.3, -0.25) is 0 Å². The van der Waals surface area contributed by atoms with Gasteiger partial charge in [-0.15, -0.1) is 0 Å². The topological polar surface area (TPSA) is 15.8 Å². The van der Waals surface area contributed by atoms with Crippen molar-refractivity contribution >= 4 is 32.4 Å². The van der Waals surface area contributed by atoms with Crippen LogP contribution in [0.15, 0.2) is 84.9 Å². The molecule has 5 rings (SSSR count). The Morgan fingerprint density at radius 2 is 1.30 bits per heavy atom. The van der Waals surface area contributed by atoms with Crippen molar-refractivity contribution in [3.63, 3.8) is 0 Å². The Morgan fingerprint density at radius 1 is 0.522 bits per heavy atom. The van der Waals surface area contributed by atoms with Crippen LogP contribution in [0.3, 0.4) is 0 Å². The van der Waals surface area contributed by atoms with Crippen LogP contribution in [0, 0.1) is 0 Å². The summed E-state index contributed by atoms with van der Waals surface area (Å²) in [4.78, 5) is 3.55. The molecule has 4 aromatic carbocycles. The summed E-state index contributed by atoms with van der Waals surface area (Å²) in [5.41, 5.74) is 3.61. The molecule has 0 aliphatic heterocycles. The van der Waals surface area contributed by atoms with Gasteiger partial charge in [0.1, 0.15) is 0 Å². The summed E-state index contributed by atoms with van der Waals surface area (Å²) in [5, 5.41) is 6.44. The predicted molar refractivity (Wildman–Crippen MR) is 98.7 cm³/mol. The summed E-state index contributed by atoms with van der Waals surface area (Å²) in [5.74, 6) is 0. The van der Waals surface area contributed by atoms with Crippen LogP contribution in [0.5, 0.6) is 0 Å². The number of fused-ring (bicyclic) bond motifs is 4. The molecular weight excluding hydrogens is 278 g/mol. The number of nitrogens with one attached hydrogen (secondary N) is 1. The van der Waals surface area contributed by atoms with Crippen molar-refractivity contribution in [3.8, 4) is 11.3 Å². The van der Waals surface area contributed by atoms with E-state index in [0.29, 0.717) is 0 Å². The highest BCUT2D eigenvalue weighted by molar-refractivity contribution is 6.12. The van der Waals surface area contributed by atoms with Crippen molar-refractivity contribution in [3.05, 3.63) is 84.9 Å². The summed E-state index contributed by atoms with van der Waals surface area (Å²) in [6.07, 6.45) is 0. The van der Waals surface area contributed by atoms with Crippen LogP contribution < -0.4 is 0 Å². The molecule has 0 aliphatic carbocycles. The van der Waals surface area contributed by atoms with E-state index < -0.39 is 0 Å². The molecule has 0 radical (unpaired) electrons. The quantitative estimate of drug-likeness (QED) is 0.357. The van der Waals surface area contributed by atoms with Crippen molar-refractivity contribution in [2.75, 3.05) is 0 Å². The molecule has 0 unspecified atom stereocenters. The lowest BCUT2D eigenvalue weighted by Gasteiger charge is -2.08. The molecule has 0 bridgehead atoms. The van der Waals surface area contributed by atoms with Crippen LogP contribution in [-0.4, -0.2) is 4.98 Å². The highest BCUT2D eigenvalue weighted by Gasteiger charge is 2.08. The Morgan fingerprint density at radius 3 is 2.22 bits per heavy atom. The SMILES string of the molecule is c1ccc2[nH]c(-c3cccc4c3ccc3ccccc34)cc2c1. The van der Waals surface area contributed by atoms with Gasteiger partial charge in [0.25, 0.3) is 0 Å². The Bertz CT molecular complexity index is 1130. The monoisotopic (exact) mass is 293 g/mol. The zero-order valence-corrected chi connectivity index (χ0v) is 12.6. The summed E-state index contributed by atoms with van der Waals surface area (Å²) in [6, 6.07) is 30.2. The lowest BCUT2D eigenvalue weighted by Crippen LogP contribution is -1.83. The molecule has 0 spiro atoms. The summed E-state index contributed by atoms with van der Waals surface area (Å²) in [7, 11) is 0. The van der Waals surface area contributed by atoms with E-state index in [2.05, 4.69) is 89.9 Å². The maximum atomic E-state index is 3.55. The summed E-state index contributed by atoms with van der Waals surface area (Å²) in [6.45, 7) is 0. The minimum atomic E-state index is 1.17. The molecule has 1 heteroatoms. The van der Waals surface area contributed by atoms with Crippen LogP contribution in [0.4, 0.5) is 0 Å². The fraction of sp³-hybridized carbons (Fsp3) is 0. The molecule has 0 amide bonds. The number of H-pyrrole nitrogens is 1. The summed E-state index contributed by atoms with van der Waals surface area (Å²) < 4.78 is 0. The van der Waals surface area contributed by atoms with Gasteiger partial charge >= 0.3 is 0 Å². The van der Waals surface area contributed by atoms with Crippen molar-refractivity contribution in [1.29, 1.82) is 0 Å². The number of hydrogen-bond acceptors (Lipinski definition) is 0. The minimum absolute atomic E-state index is 1.17. The first-order valence-corrected chi connectivity index (χ1v) is 7.89. The van der Waals surface area contributed by atoms with Crippen LogP contribution in [-0.2, 0) is 0 Å². The van der Waals surface area contributed by atoms with E-state index in [4.69, 9.17) is 0 Å². The standard InChI is InChI=1S/C22H15N/c1-3-8-17-15(6-1)12-13-19-18(17)9-5-10-20(19)22-14-16-7-2-4-11-21(16)23-22/h1-14,23H. The fourth-order valence-electron chi connectivity index (χ4n) is 3.49. The number of aromatic nitrogens is 1. The first kappa shape index (κ1) is 12.5. The van der Waals surface area contributed by atoms with Crippen molar-refractivity contribution in [1.82, 2.24) is 4.98 Å². The second-order valence-corrected chi connectivity index (χ2v) is 5.96. The number of aromatic amines is 1. The van der Waals surface area contributed by atoms with Gasteiger partial charge in [0.05, 0.1) is 0 Å². The average Bonchev–Trinajstić information content (AvgIpc) is 3.05. The maximum Gasteiger partial charge on any atom is 0.0471 e. The van der Waals surface area contributed by atoms with Crippen LogP contribution in [0.1, 0.15) is 0 Å². The van der Waals surface area contributed by atoms with Crippen molar-refractivity contribution in [2.24, 2.45) is 0 Å². The molecule has 0 saturated carbocycles. The molecule has 1 nitrogen and oxygen atoms in total. The smallest absolute Gasteiger partial charge is 0.0471 e.